The maximum Gasteiger partial charge on any atom is 0.191 e. The van der Waals surface area contributed by atoms with Crippen LogP contribution < -0.4 is 10.6 Å². The number of rotatable bonds is 6. The monoisotopic (exact) mass is 333 g/mol. The third-order valence-electron chi connectivity index (χ3n) is 3.87. The Morgan fingerprint density at radius 3 is 2.68 bits per heavy atom. The first-order valence-corrected chi connectivity index (χ1v) is 8.61. The quantitative estimate of drug-likeness (QED) is 0.538. The van der Waals surface area contributed by atoms with E-state index in [9.17, 15) is 0 Å². The van der Waals surface area contributed by atoms with E-state index in [1.807, 2.05) is 30.5 Å². The lowest BCUT2D eigenvalue weighted by Gasteiger charge is -2.12. The fourth-order valence-corrected chi connectivity index (χ4v) is 2.68. The lowest BCUT2D eigenvalue weighted by atomic mass is 10.1. The molecule has 0 aliphatic rings. The van der Waals surface area contributed by atoms with Gasteiger partial charge in [0.15, 0.2) is 5.96 Å². The Balaban J connectivity index is 1.61. The van der Waals surface area contributed by atoms with Gasteiger partial charge in [-0.25, -0.2) is 4.99 Å². The van der Waals surface area contributed by atoms with Crippen molar-refractivity contribution >= 4 is 16.9 Å². The molecule has 2 aromatic heterocycles. The summed E-state index contributed by atoms with van der Waals surface area (Å²) in [6.07, 6.45) is 4.53. The van der Waals surface area contributed by atoms with Gasteiger partial charge in [-0.1, -0.05) is 30.3 Å². The summed E-state index contributed by atoms with van der Waals surface area (Å²) < 4.78 is 0. The molecule has 1 aromatic carbocycles. The van der Waals surface area contributed by atoms with E-state index in [2.05, 4.69) is 56.8 Å². The van der Waals surface area contributed by atoms with Crippen LogP contribution in [0.1, 0.15) is 18.2 Å². The molecule has 0 atom stereocenters. The molecule has 0 aliphatic carbocycles. The predicted octanol–water partition coefficient (Wildman–Crippen LogP) is 2.93. The second-order valence-electron chi connectivity index (χ2n) is 5.69. The van der Waals surface area contributed by atoms with Gasteiger partial charge >= 0.3 is 0 Å². The van der Waals surface area contributed by atoms with Gasteiger partial charge in [-0.15, -0.1) is 0 Å². The number of pyridine rings is 2. The maximum atomic E-state index is 4.59. The van der Waals surface area contributed by atoms with E-state index >= 15 is 0 Å². The molecule has 2 heterocycles. The first-order valence-electron chi connectivity index (χ1n) is 8.61. The molecule has 5 heteroatoms. The fraction of sp³-hybridized carbons (Fsp3) is 0.250. The third kappa shape index (κ3) is 4.76. The molecule has 0 bridgehead atoms. The summed E-state index contributed by atoms with van der Waals surface area (Å²) in [6, 6.07) is 16.2. The second-order valence-corrected chi connectivity index (χ2v) is 5.69. The van der Waals surface area contributed by atoms with Crippen LogP contribution >= 0.6 is 0 Å². The Bertz CT molecular complexity index is 824. The van der Waals surface area contributed by atoms with E-state index in [1.54, 1.807) is 6.20 Å². The molecule has 0 amide bonds. The van der Waals surface area contributed by atoms with E-state index < -0.39 is 0 Å². The molecule has 5 nitrogen and oxygen atoms in total. The average molecular weight is 333 g/mol. The van der Waals surface area contributed by atoms with Gasteiger partial charge in [0.1, 0.15) is 0 Å². The van der Waals surface area contributed by atoms with Crippen molar-refractivity contribution in [3.8, 4) is 0 Å². The molecule has 3 rings (SSSR count). The molecule has 0 spiro atoms. The van der Waals surface area contributed by atoms with Crippen molar-refractivity contribution in [2.24, 2.45) is 4.99 Å². The number of hydrogen-bond donors (Lipinski definition) is 2. The second kappa shape index (κ2) is 8.78. The first-order chi connectivity index (χ1) is 12.4. The highest BCUT2D eigenvalue weighted by Crippen LogP contribution is 2.15. The SMILES string of the molecule is CCNC(=NCc1ccccn1)NCCc1cccc2cccnc12. The van der Waals surface area contributed by atoms with Gasteiger partial charge in [0.25, 0.3) is 0 Å². The molecular weight excluding hydrogens is 310 g/mol. The zero-order valence-corrected chi connectivity index (χ0v) is 14.4. The van der Waals surface area contributed by atoms with Crippen LogP contribution in [-0.2, 0) is 13.0 Å². The van der Waals surface area contributed by atoms with E-state index in [1.165, 1.54) is 10.9 Å². The minimum Gasteiger partial charge on any atom is -0.357 e. The number of aliphatic imine (C=N–C) groups is 1. The molecule has 25 heavy (non-hydrogen) atoms. The van der Waals surface area contributed by atoms with Crippen LogP contribution in [0.25, 0.3) is 10.9 Å². The number of aromatic nitrogens is 2. The Labute approximate surface area is 148 Å². The Kier molecular flexibility index (Phi) is 5.93. The van der Waals surface area contributed by atoms with Gasteiger partial charge in [-0.2, -0.15) is 0 Å². The lowest BCUT2D eigenvalue weighted by Crippen LogP contribution is -2.38. The normalized spacial score (nSPS) is 11.5. The number of benzene rings is 1. The van der Waals surface area contributed by atoms with Crippen LogP contribution in [0.4, 0.5) is 0 Å². The van der Waals surface area contributed by atoms with Crippen molar-refractivity contribution in [1.29, 1.82) is 0 Å². The van der Waals surface area contributed by atoms with Crippen LogP contribution in [0.15, 0.2) is 65.9 Å². The van der Waals surface area contributed by atoms with Gasteiger partial charge in [0, 0.05) is 30.9 Å². The molecular formula is C20H23N5. The summed E-state index contributed by atoms with van der Waals surface area (Å²) >= 11 is 0. The maximum absolute atomic E-state index is 4.59. The molecule has 3 aromatic rings. The van der Waals surface area contributed by atoms with Gasteiger partial charge in [-0.3, -0.25) is 9.97 Å². The predicted molar refractivity (Wildman–Crippen MR) is 103 cm³/mol. The molecule has 0 aliphatic heterocycles. The summed E-state index contributed by atoms with van der Waals surface area (Å²) in [7, 11) is 0. The number of nitrogens with zero attached hydrogens (tertiary/aromatic N) is 3. The zero-order chi connectivity index (χ0) is 17.3. The van der Waals surface area contributed by atoms with Crippen LogP contribution in [0, 0.1) is 0 Å². The highest BCUT2D eigenvalue weighted by molar-refractivity contribution is 5.82. The highest BCUT2D eigenvalue weighted by atomic mass is 15.2. The molecule has 0 fully saturated rings. The number of para-hydroxylation sites is 1. The number of hydrogen-bond acceptors (Lipinski definition) is 3. The van der Waals surface area contributed by atoms with Gasteiger partial charge in [-0.05, 0) is 37.1 Å². The van der Waals surface area contributed by atoms with Crippen molar-refractivity contribution < 1.29 is 0 Å². The first kappa shape index (κ1) is 16.9. The third-order valence-corrected chi connectivity index (χ3v) is 3.87. The molecule has 0 saturated heterocycles. The largest absolute Gasteiger partial charge is 0.357 e. The van der Waals surface area contributed by atoms with Crippen molar-refractivity contribution in [3.05, 3.63) is 72.2 Å². The summed E-state index contributed by atoms with van der Waals surface area (Å²) in [4.78, 5) is 13.4. The summed E-state index contributed by atoms with van der Waals surface area (Å²) in [5.41, 5.74) is 3.27. The van der Waals surface area contributed by atoms with Crippen molar-refractivity contribution in [2.75, 3.05) is 13.1 Å². The summed E-state index contributed by atoms with van der Waals surface area (Å²) in [6.45, 7) is 4.24. The van der Waals surface area contributed by atoms with Crippen LogP contribution in [-0.4, -0.2) is 29.0 Å². The number of nitrogens with one attached hydrogen (secondary N) is 2. The van der Waals surface area contributed by atoms with Gasteiger partial charge < -0.3 is 10.6 Å². The van der Waals surface area contributed by atoms with E-state index in [-0.39, 0.29) is 0 Å². The summed E-state index contributed by atoms with van der Waals surface area (Å²) in [5, 5.41) is 7.84. The van der Waals surface area contributed by atoms with E-state index in [4.69, 9.17) is 0 Å². The van der Waals surface area contributed by atoms with Crippen molar-refractivity contribution in [3.63, 3.8) is 0 Å². The molecule has 128 valence electrons. The minimum atomic E-state index is 0.562. The Hall–Kier alpha value is -2.95. The van der Waals surface area contributed by atoms with E-state index in [0.29, 0.717) is 6.54 Å². The summed E-state index contributed by atoms with van der Waals surface area (Å²) in [5.74, 6) is 0.807. The van der Waals surface area contributed by atoms with Crippen molar-refractivity contribution in [1.82, 2.24) is 20.6 Å². The minimum absolute atomic E-state index is 0.562. The van der Waals surface area contributed by atoms with Crippen LogP contribution in [0.3, 0.4) is 0 Å². The number of fused-ring (bicyclic) bond motifs is 1. The number of guanidine groups is 1. The fourth-order valence-electron chi connectivity index (χ4n) is 2.68. The van der Waals surface area contributed by atoms with Gasteiger partial charge in [0.05, 0.1) is 17.8 Å². The van der Waals surface area contributed by atoms with Crippen molar-refractivity contribution in [2.45, 2.75) is 19.9 Å². The van der Waals surface area contributed by atoms with E-state index in [0.717, 1.165) is 36.7 Å². The molecule has 0 saturated carbocycles. The highest BCUT2D eigenvalue weighted by Gasteiger charge is 2.03. The van der Waals surface area contributed by atoms with Crippen LogP contribution in [0.5, 0.6) is 0 Å². The topological polar surface area (TPSA) is 62.2 Å². The van der Waals surface area contributed by atoms with Gasteiger partial charge in [0.2, 0.25) is 0 Å². The Morgan fingerprint density at radius 1 is 0.960 bits per heavy atom. The average Bonchev–Trinajstić information content (AvgIpc) is 2.67. The Morgan fingerprint density at radius 2 is 1.84 bits per heavy atom. The molecule has 2 N–H and O–H groups in total. The lowest BCUT2D eigenvalue weighted by molar-refractivity contribution is 0.798. The zero-order valence-electron chi connectivity index (χ0n) is 14.4. The molecule has 0 radical (unpaired) electrons. The smallest absolute Gasteiger partial charge is 0.191 e. The standard InChI is InChI=1S/C20H23N5/c1-2-21-20(25-15-18-10-3-4-12-22-18)24-14-11-17-8-5-7-16-9-6-13-23-19(16)17/h3-10,12-13H,2,11,14-15H2,1H3,(H2,21,24,25). The van der Waals surface area contributed by atoms with Crippen LogP contribution in [0.2, 0.25) is 0 Å². The molecule has 0 unspecified atom stereocenters.